The summed E-state index contributed by atoms with van der Waals surface area (Å²) in [5, 5.41) is 0.310. The fourth-order valence-electron chi connectivity index (χ4n) is 4.98. The molecule has 2 aliphatic rings. The van der Waals surface area contributed by atoms with Crippen molar-refractivity contribution in [3.05, 3.63) is 12.2 Å². The smallest absolute Gasteiger partial charge is 0.192 e. The highest BCUT2D eigenvalue weighted by Crippen LogP contribution is 2.59. The molecular formula is C21H40OSi. The van der Waals surface area contributed by atoms with E-state index in [2.05, 4.69) is 54.3 Å². The number of fused-ring (bicyclic) bond motifs is 1. The maximum atomic E-state index is 6.92. The van der Waals surface area contributed by atoms with Crippen molar-refractivity contribution in [2.75, 3.05) is 0 Å². The van der Waals surface area contributed by atoms with E-state index < -0.39 is 8.32 Å². The molecule has 0 aromatic carbocycles. The first-order chi connectivity index (χ1) is 10.5. The third-order valence-corrected chi connectivity index (χ3v) is 11.9. The van der Waals surface area contributed by atoms with Gasteiger partial charge in [-0.2, -0.15) is 0 Å². The highest BCUT2D eigenvalue weighted by Gasteiger charge is 2.53. The van der Waals surface area contributed by atoms with Crippen LogP contribution in [-0.4, -0.2) is 14.4 Å². The summed E-state index contributed by atoms with van der Waals surface area (Å²) in [6, 6.07) is 0. The lowest BCUT2D eigenvalue weighted by molar-refractivity contribution is -0.00382. The molecule has 0 aromatic heterocycles. The molecule has 0 aromatic rings. The van der Waals surface area contributed by atoms with Crippen molar-refractivity contribution >= 4 is 8.32 Å². The normalized spacial score (nSPS) is 35.2. The zero-order valence-corrected chi connectivity index (χ0v) is 17.8. The molecule has 0 aliphatic heterocycles. The van der Waals surface area contributed by atoms with Gasteiger partial charge in [-0.05, 0) is 67.5 Å². The first kappa shape index (κ1) is 19.2. The summed E-state index contributed by atoms with van der Waals surface area (Å²) in [5.74, 6) is 1.49. The molecule has 0 radical (unpaired) electrons. The second kappa shape index (κ2) is 6.67. The Labute approximate surface area is 146 Å². The van der Waals surface area contributed by atoms with Crippen LogP contribution < -0.4 is 0 Å². The summed E-state index contributed by atoms with van der Waals surface area (Å²) in [5.41, 5.74) is 1.96. The van der Waals surface area contributed by atoms with Gasteiger partial charge in [0.1, 0.15) is 0 Å². The third-order valence-electron chi connectivity index (χ3n) is 7.38. The molecule has 2 aliphatic carbocycles. The lowest BCUT2D eigenvalue weighted by Gasteiger charge is -2.49. The van der Waals surface area contributed by atoms with Crippen LogP contribution in [0.5, 0.6) is 0 Å². The zero-order chi connectivity index (χ0) is 17.5. The average molecular weight is 337 g/mol. The molecule has 134 valence electrons. The predicted molar refractivity (Wildman–Crippen MR) is 104 cm³/mol. The molecule has 0 N–H and O–H groups in total. The molecule has 2 rings (SSSR count). The SMILES string of the molecule is C=C(CCC)C1CCC2[C@@H](O[Si](C)(C)C(C)(C)C)CCC[C@]12C. The zero-order valence-electron chi connectivity index (χ0n) is 16.8. The Balaban J connectivity index is 2.16. The molecule has 2 saturated carbocycles. The molecule has 4 atom stereocenters. The summed E-state index contributed by atoms with van der Waals surface area (Å²) in [7, 11) is -1.67. The van der Waals surface area contributed by atoms with E-state index in [0.717, 1.165) is 11.8 Å². The van der Waals surface area contributed by atoms with E-state index in [4.69, 9.17) is 4.43 Å². The van der Waals surface area contributed by atoms with Crippen LogP contribution in [0.3, 0.4) is 0 Å². The first-order valence-corrected chi connectivity index (χ1v) is 12.8. The topological polar surface area (TPSA) is 9.23 Å². The van der Waals surface area contributed by atoms with E-state index in [-0.39, 0.29) is 0 Å². The van der Waals surface area contributed by atoms with Gasteiger partial charge in [0.25, 0.3) is 0 Å². The van der Waals surface area contributed by atoms with Crippen molar-refractivity contribution in [2.45, 2.75) is 104 Å². The van der Waals surface area contributed by atoms with Crippen LogP contribution in [0, 0.1) is 17.3 Å². The number of allylic oxidation sites excluding steroid dienone is 1. The van der Waals surface area contributed by atoms with Gasteiger partial charge in [0.15, 0.2) is 8.32 Å². The Bertz CT molecular complexity index is 434. The molecule has 0 spiro atoms. The summed E-state index contributed by atoms with van der Waals surface area (Å²) in [6.45, 7) is 21.2. The lowest BCUT2D eigenvalue weighted by Crippen LogP contribution is -2.49. The molecule has 2 heteroatoms. The minimum Gasteiger partial charge on any atom is -0.414 e. The standard InChI is InChI=1S/C21H40OSi/c1-9-11-16(2)17-13-14-18-19(12-10-15-21(17,18)6)22-23(7,8)20(3,4)5/h17-19H,2,9-15H2,1,3-8H3/t17?,18?,19-,21+/m0/s1. The van der Waals surface area contributed by atoms with Crippen molar-refractivity contribution in [3.63, 3.8) is 0 Å². The quantitative estimate of drug-likeness (QED) is 0.390. The van der Waals surface area contributed by atoms with Gasteiger partial charge in [0.2, 0.25) is 0 Å². The van der Waals surface area contributed by atoms with Crippen LogP contribution in [0.4, 0.5) is 0 Å². The number of rotatable bonds is 5. The highest BCUT2D eigenvalue weighted by atomic mass is 28.4. The number of hydrogen-bond acceptors (Lipinski definition) is 1. The van der Waals surface area contributed by atoms with Gasteiger partial charge in [-0.1, -0.05) is 59.6 Å². The fraction of sp³-hybridized carbons (Fsp3) is 0.905. The van der Waals surface area contributed by atoms with Crippen LogP contribution in [0.15, 0.2) is 12.2 Å². The highest BCUT2D eigenvalue weighted by molar-refractivity contribution is 6.74. The van der Waals surface area contributed by atoms with Gasteiger partial charge in [0.05, 0.1) is 0 Å². The molecule has 2 unspecified atom stereocenters. The van der Waals surface area contributed by atoms with Gasteiger partial charge < -0.3 is 4.43 Å². The van der Waals surface area contributed by atoms with Gasteiger partial charge in [0, 0.05) is 6.10 Å². The van der Waals surface area contributed by atoms with Crippen LogP contribution >= 0.6 is 0 Å². The van der Waals surface area contributed by atoms with E-state index in [0.29, 0.717) is 16.6 Å². The third kappa shape index (κ3) is 3.63. The Morgan fingerprint density at radius 1 is 1.22 bits per heavy atom. The van der Waals surface area contributed by atoms with Crippen molar-refractivity contribution in [3.8, 4) is 0 Å². The van der Waals surface area contributed by atoms with E-state index in [1.54, 1.807) is 0 Å². The molecular weight excluding hydrogens is 296 g/mol. The maximum Gasteiger partial charge on any atom is 0.192 e. The van der Waals surface area contributed by atoms with Crippen LogP contribution in [0.1, 0.15) is 79.6 Å². The van der Waals surface area contributed by atoms with Gasteiger partial charge in [-0.25, -0.2) is 0 Å². The van der Waals surface area contributed by atoms with Crippen molar-refractivity contribution in [1.82, 2.24) is 0 Å². The molecule has 0 bridgehead atoms. The fourth-order valence-corrected chi connectivity index (χ4v) is 6.37. The monoisotopic (exact) mass is 336 g/mol. The van der Waals surface area contributed by atoms with Gasteiger partial charge in [-0.3, -0.25) is 0 Å². The summed E-state index contributed by atoms with van der Waals surface area (Å²) >= 11 is 0. The molecule has 23 heavy (non-hydrogen) atoms. The van der Waals surface area contributed by atoms with E-state index in [9.17, 15) is 0 Å². The summed E-state index contributed by atoms with van der Waals surface area (Å²) in [6.07, 6.45) is 9.63. The molecule has 2 fully saturated rings. The molecule has 0 heterocycles. The Morgan fingerprint density at radius 2 is 1.87 bits per heavy atom. The second-order valence-corrected chi connectivity index (χ2v) is 14.7. The average Bonchev–Trinajstić information content (AvgIpc) is 2.75. The van der Waals surface area contributed by atoms with Gasteiger partial charge in [-0.15, -0.1) is 0 Å². The maximum absolute atomic E-state index is 6.92. The Kier molecular flexibility index (Phi) is 5.58. The van der Waals surface area contributed by atoms with Crippen LogP contribution in [-0.2, 0) is 4.43 Å². The van der Waals surface area contributed by atoms with E-state index in [1.807, 2.05) is 0 Å². The van der Waals surface area contributed by atoms with E-state index in [1.165, 1.54) is 50.5 Å². The van der Waals surface area contributed by atoms with E-state index >= 15 is 0 Å². The summed E-state index contributed by atoms with van der Waals surface area (Å²) < 4.78 is 6.92. The van der Waals surface area contributed by atoms with Crippen molar-refractivity contribution in [2.24, 2.45) is 17.3 Å². The van der Waals surface area contributed by atoms with Crippen LogP contribution in [0.2, 0.25) is 18.1 Å². The predicted octanol–water partition coefficient (Wildman–Crippen LogP) is 6.95. The first-order valence-electron chi connectivity index (χ1n) is 9.88. The van der Waals surface area contributed by atoms with Crippen molar-refractivity contribution < 1.29 is 4.43 Å². The van der Waals surface area contributed by atoms with Gasteiger partial charge >= 0.3 is 0 Å². The Hall–Kier alpha value is -0.0831. The molecule has 0 amide bonds. The lowest BCUT2D eigenvalue weighted by atomic mass is 9.62. The minimum atomic E-state index is -1.67. The molecule has 1 nitrogen and oxygen atoms in total. The second-order valence-electron chi connectivity index (χ2n) is 9.96. The van der Waals surface area contributed by atoms with Crippen LogP contribution in [0.25, 0.3) is 0 Å². The van der Waals surface area contributed by atoms with Crippen molar-refractivity contribution in [1.29, 1.82) is 0 Å². The Morgan fingerprint density at radius 3 is 2.43 bits per heavy atom. The summed E-state index contributed by atoms with van der Waals surface area (Å²) in [4.78, 5) is 0. The minimum absolute atomic E-state index is 0.310. The number of hydrogen-bond donors (Lipinski definition) is 0. The largest absolute Gasteiger partial charge is 0.414 e. The molecule has 0 saturated heterocycles.